The lowest BCUT2D eigenvalue weighted by Crippen LogP contribution is -2.49. The Hall–Kier alpha value is -2.90. The summed E-state index contributed by atoms with van der Waals surface area (Å²) in [5, 5.41) is 5.51. The van der Waals surface area contributed by atoms with Gasteiger partial charge in [0.25, 0.3) is 0 Å². The molecule has 0 bridgehead atoms. The number of hydrogen-bond acceptors (Lipinski definition) is 5. The van der Waals surface area contributed by atoms with Crippen molar-refractivity contribution in [1.82, 2.24) is 20.4 Å². The number of rotatable bonds is 7. The maximum atomic E-state index is 12.4. The minimum absolute atomic E-state index is 0.0319. The number of likely N-dealkylation sites (N-methyl/N-ethyl adjacent to an activating group) is 1. The maximum absolute atomic E-state index is 12.4. The van der Waals surface area contributed by atoms with Crippen LogP contribution in [0.4, 0.5) is 0 Å². The molecule has 1 heterocycles. The molecule has 0 unspecified atom stereocenters. The van der Waals surface area contributed by atoms with Crippen LogP contribution >= 0.6 is 0 Å². The van der Waals surface area contributed by atoms with Crippen LogP contribution in [0.1, 0.15) is 22.7 Å². The normalized spacial score (nSPS) is 15.8. The molecule has 0 saturated carbocycles. The molecular formula is C24H32N4O3. The lowest BCUT2D eigenvalue weighted by molar-refractivity contribution is -0.139. The van der Waals surface area contributed by atoms with Crippen molar-refractivity contribution in [3.63, 3.8) is 0 Å². The van der Waals surface area contributed by atoms with Crippen LogP contribution in [0, 0.1) is 6.92 Å². The van der Waals surface area contributed by atoms with Crippen molar-refractivity contribution in [3.8, 4) is 5.75 Å². The van der Waals surface area contributed by atoms with Crippen LogP contribution in [0.15, 0.2) is 48.5 Å². The highest BCUT2D eigenvalue weighted by atomic mass is 16.5. The highest BCUT2D eigenvalue weighted by Crippen LogP contribution is 2.22. The average Bonchev–Trinajstić information content (AvgIpc) is 2.79. The zero-order chi connectivity index (χ0) is 22.2. The van der Waals surface area contributed by atoms with Gasteiger partial charge in [0.15, 0.2) is 0 Å². The Balaban J connectivity index is 1.58. The summed E-state index contributed by atoms with van der Waals surface area (Å²) >= 11 is 0. The van der Waals surface area contributed by atoms with E-state index in [1.54, 1.807) is 7.11 Å². The first-order chi connectivity index (χ1) is 15.0. The summed E-state index contributed by atoms with van der Waals surface area (Å²) in [5.74, 6) is -0.540. The van der Waals surface area contributed by atoms with Crippen molar-refractivity contribution in [2.45, 2.75) is 19.5 Å². The number of nitrogens with zero attached hydrogens (tertiary/aromatic N) is 2. The molecule has 1 atom stereocenters. The van der Waals surface area contributed by atoms with E-state index >= 15 is 0 Å². The van der Waals surface area contributed by atoms with E-state index in [0.717, 1.165) is 37.3 Å². The predicted molar refractivity (Wildman–Crippen MR) is 121 cm³/mol. The molecule has 7 heteroatoms. The van der Waals surface area contributed by atoms with Crippen molar-refractivity contribution in [3.05, 3.63) is 65.2 Å². The average molecular weight is 425 g/mol. The van der Waals surface area contributed by atoms with Crippen molar-refractivity contribution in [2.24, 2.45) is 0 Å². The fraction of sp³-hybridized carbons (Fsp3) is 0.417. The fourth-order valence-corrected chi connectivity index (χ4v) is 3.69. The Morgan fingerprint density at radius 1 is 1.00 bits per heavy atom. The molecule has 0 spiro atoms. The molecule has 0 aliphatic carbocycles. The third-order valence-corrected chi connectivity index (χ3v) is 5.69. The standard InChI is InChI=1S/C24H32N4O3/c1-18-7-9-20(10-8-18)22(28-13-11-27(2)12-14-28)17-26-24(30)23(29)25-16-19-5-4-6-21(15-19)31-3/h4-10,15,22H,11-14,16-17H2,1-3H3,(H,25,29)(H,26,30)/t22-/m1/s1. The smallest absolute Gasteiger partial charge is 0.309 e. The van der Waals surface area contributed by atoms with Gasteiger partial charge in [0, 0.05) is 39.3 Å². The van der Waals surface area contributed by atoms with Crippen molar-refractivity contribution in [1.29, 1.82) is 0 Å². The van der Waals surface area contributed by atoms with Gasteiger partial charge in [-0.1, -0.05) is 42.0 Å². The van der Waals surface area contributed by atoms with E-state index in [-0.39, 0.29) is 12.6 Å². The number of amides is 2. The van der Waals surface area contributed by atoms with Crippen LogP contribution in [-0.4, -0.2) is 68.5 Å². The highest BCUT2D eigenvalue weighted by molar-refractivity contribution is 6.35. The first kappa shape index (κ1) is 22.8. The number of aryl methyl sites for hydroxylation is 1. The summed E-state index contributed by atoms with van der Waals surface area (Å²) in [6.45, 7) is 6.53. The minimum atomic E-state index is -0.635. The first-order valence-electron chi connectivity index (χ1n) is 10.6. The van der Waals surface area contributed by atoms with Crippen molar-refractivity contribution >= 4 is 11.8 Å². The lowest BCUT2D eigenvalue weighted by Gasteiger charge is -2.38. The number of ether oxygens (including phenoxy) is 1. The fourth-order valence-electron chi connectivity index (χ4n) is 3.69. The summed E-state index contributed by atoms with van der Waals surface area (Å²) in [7, 11) is 3.71. The van der Waals surface area contributed by atoms with Gasteiger partial charge in [-0.15, -0.1) is 0 Å². The van der Waals surface area contributed by atoms with E-state index in [1.165, 1.54) is 5.56 Å². The SMILES string of the molecule is COc1cccc(CNC(=O)C(=O)NC[C@H](c2ccc(C)cc2)N2CCN(C)CC2)c1. The molecule has 1 aliphatic heterocycles. The number of nitrogens with one attached hydrogen (secondary N) is 2. The highest BCUT2D eigenvalue weighted by Gasteiger charge is 2.25. The predicted octanol–water partition coefficient (Wildman–Crippen LogP) is 1.72. The van der Waals surface area contributed by atoms with Crippen LogP contribution in [0.3, 0.4) is 0 Å². The zero-order valence-corrected chi connectivity index (χ0v) is 18.6. The molecule has 3 rings (SSSR count). The second-order valence-corrected chi connectivity index (χ2v) is 8.01. The van der Waals surface area contributed by atoms with Gasteiger partial charge in [-0.05, 0) is 37.2 Å². The Kier molecular flexibility index (Phi) is 8.03. The Morgan fingerprint density at radius 2 is 1.68 bits per heavy atom. The molecule has 2 N–H and O–H groups in total. The summed E-state index contributed by atoms with van der Waals surface area (Å²) in [5.41, 5.74) is 3.21. The van der Waals surface area contributed by atoms with Gasteiger partial charge in [0.1, 0.15) is 5.75 Å². The van der Waals surface area contributed by atoms with Crippen LogP contribution in [0.25, 0.3) is 0 Å². The summed E-state index contributed by atoms with van der Waals surface area (Å²) in [6, 6.07) is 15.8. The van der Waals surface area contributed by atoms with Crippen LogP contribution in [0.2, 0.25) is 0 Å². The lowest BCUT2D eigenvalue weighted by atomic mass is 10.0. The van der Waals surface area contributed by atoms with Crippen LogP contribution in [0.5, 0.6) is 5.75 Å². The first-order valence-corrected chi connectivity index (χ1v) is 10.6. The summed E-state index contributed by atoms with van der Waals surface area (Å²) < 4.78 is 5.19. The number of carbonyl (C=O) groups excluding carboxylic acids is 2. The summed E-state index contributed by atoms with van der Waals surface area (Å²) in [6.07, 6.45) is 0. The molecule has 7 nitrogen and oxygen atoms in total. The van der Waals surface area contributed by atoms with Crippen LogP contribution < -0.4 is 15.4 Å². The zero-order valence-electron chi connectivity index (χ0n) is 18.6. The number of piperazine rings is 1. The van der Waals surface area contributed by atoms with Gasteiger partial charge in [0.05, 0.1) is 13.2 Å². The second-order valence-electron chi connectivity index (χ2n) is 8.01. The van der Waals surface area contributed by atoms with Gasteiger partial charge in [-0.2, -0.15) is 0 Å². The van der Waals surface area contributed by atoms with E-state index < -0.39 is 11.8 Å². The van der Waals surface area contributed by atoms with Gasteiger partial charge in [-0.25, -0.2) is 0 Å². The number of carbonyl (C=O) groups is 2. The quantitative estimate of drug-likeness (QED) is 0.663. The number of methoxy groups -OCH3 is 1. The minimum Gasteiger partial charge on any atom is -0.497 e. The molecule has 1 saturated heterocycles. The van der Waals surface area contributed by atoms with Gasteiger partial charge in [-0.3, -0.25) is 14.5 Å². The van der Waals surface area contributed by atoms with E-state index in [4.69, 9.17) is 4.74 Å². The summed E-state index contributed by atoms with van der Waals surface area (Å²) in [4.78, 5) is 29.4. The van der Waals surface area contributed by atoms with E-state index in [2.05, 4.69) is 58.7 Å². The molecule has 0 aromatic heterocycles. The van der Waals surface area contributed by atoms with E-state index in [0.29, 0.717) is 12.3 Å². The monoisotopic (exact) mass is 424 g/mol. The molecule has 0 radical (unpaired) electrons. The van der Waals surface area contributed by atoms with Crippen molar-refractivity contribution in [2.75, 3.05) is 46.9 Å². The molecule has 166 valence electrons. The molecule has 1 aliphatic rings. The molecular weight excluding hydrogens is 392 g/mol. The topological polar surface area (TPSA) is 73.9 Å². The second kappa shape index (κ2) is 10.9. The Bertz CT molecular complexity index is 877. The largest absolute Gasteiger partial charge is 0.497 e. The molecule has 2 amide bonds. The van der Waals surface area contributed by atoms with Gasteiger partial charge < -0.3 is 20.3 Å². The number of hydrogen-bond donors (Lipinski definition) is 2. The molecule has 2 aromatic rings. The Labute approximate surface area is 184 Å². The third kappa shape index (κ3) is 6.54. The maximum Gasteiger partial charge on any atom is 0.309 e. The third-order valence-electron chi connectivity index (χ3n) is 5.69. The molecule has 1 fully saturated rings. The van der Waals surface area contributed by atoms with E-state index in [9.17, 15) is 9.59 Å². The number of benzene rings is 2. The molecule has 31 heavy (non-hydrogen) atoms. The van der Waals surface area contributed by atoms with E-state index in [1.807, 2.05) is 24.3 Å². The Morgan fingerprint density at radius 3 is 2.35 bits per heavy atom. The van der Waals surface area contributed by atoms with Gasteiger partial charge in [0.2, 0.25) is 0 Å². The van der Waals surface area contributed by atoms with Crippen LogP contribution in [-0.2, 0) is 16.1 Å². The van der Waals surface area contributed by atoms with Crippen molar-refractivity contribution < 1.29 is 14.3 Å². The molecule has 2 aromatic carbocycles. The van der Waals surface area contributed by atoms with Gasteiger partial charge >= 0.3 is 11.8 Å².